The van der Waals surface area contributed by atoms with Crippen LogP contribution in [0.2, 0.25) is 6.04 Å². The molecule has 0 N–H and O–H groups in total. The summed E-state index contributed by atoms with van der Waals surface area (Å²) in [6.45, 7) is 5.73. The topological polar surface area (TPSA) is 18.5 Å². The van der Waals surface area contributed by atoms with Crippen molar-refractivity contribution in [1.82, 2.24) is 0 Å². The van der Waals surface area contributed by atoms with Gasteiger partial charge in [-0.1, -0.05) is 38.8 Å². The summed E-state index contributed by atoms with van der Waals surface area (Å²) in [7, 11) is -1.54. The van der Waals surface area contributed by atoms with Crippen LogP contribution in [-0.4, -0.2) is 22.5 Å². The van der Waals surface area contributed by atoms with Crippen molar-refractivity contribution in [2.24, 2.45) is 0 Å². The lowest BCUT2D eigenvalue weighted by atomic mass is 10.1. The summed E-state index contributed by atoms with van der Waals surface area (Å²) < 4.78 is 49.1. The highest BCUT2D eigenvalue weighted by atomic mass is 28.3. The minimum absolute atomic E-state index is 0.582. The van der Waals surface area contributed by atoms with Gasteiger partial charge in [-0.2, -0.15) is 13.2 Å². The van der Waals surface area contributed by atoms with Crippen molar-refractivity contribution in [2.45, 2.75) is 64.6 Å². The molecule has 0 saturated heterocycles. The smallest absolute Gasteiger partial charge is 0.397 e. The van der Waals surface area contributed by atoms with Crippen molar-refractivity contribution < 1.29 is 22.0 Å². The van der Waals surface area contributed by atoms with Crippen LogP contribution in [0.3, 0.4) is 0 Å². The molecular formula is C18H29F3O2Si. The van der Waals surface area contributed by atoms with Crippen molar-refractivity contribution in [3.63, 3.8) is 0 Å². The SMILES string of the molecule is CCCO[SiH](CCCCCc1ccc(C(F)(F)F)cc1)OCCC. The molecule has 6 heteroatoms. The van der Waals surface area contributed by atoms with E-state index >= 15 is 0 Å². The molecule has 0 amide bonds. The van der Waals surface area contributed by atoms with Gasteiger partial charge in [-0.15, -0.1) is 0 Å². The third-order valence-corrected chi connectivity index (χ3v) is 5.80. The Morgan fingerprint density at radius 2 is 1.46 bits per heavy atom. The van der Waals surface area contributed by atoms with Gasteiger partial charge in [0.05, 0.1) is 5.56 Å². The van der Waals surface area contributed by atoms with E-state index in [1.807, 2.05) is 0 Å². The predicted octanol–water partition coefficient (Wildman–Crippen LogP) is 5.49. The van der Waals surface area contributed by atoms with Gasteiger partial charge in [0.15, 0.2) is 0 Å². The van der Waals surface area contributed by atoms with Gasteiger partial charge in [0.2, 0.25) is 0 Å². The van der Waals surface area contributed by atoms with Crippen LogP contribution < -0.4 is 0 Å². The van der Waals surface area contributed by atoms with E-state index in [2.05, 4.69) is 13.8 Å². The zero-order chi connectivity index (χ0) is 17.8. The largest absolute Gasteiger partial charge is 0.416 e. The molecule has 0 unspecified atom stereocenters. The molecule has 0 radical (unpaired) electrons. The van der Waals surface area contributed by atoms with Crippen molar-refractivity contribution in [1.29, 1.82) is 0 Å². The Bertz CT molecular complexity index is 427. The van der Waals surface area contributed by atoms with Crippen molar-refractivity contribution >= 4 is 9.28 Å². The molecule has 1 aromatic carbocycles. The first kappa shape index (κ1) is 21.2. The molecule has 0 saturated carbocycles. The number of benzene rings is 1. The Morgan fingerprint density at radius 1 is 0.875 bits per heavy atom. The Labute approximate surface area is 145 Å². The quantitative estimate of drug-likeness (QED) is 0.361. The molecule has 2 nitrogen and oxygen atoms in total. The standard InChI is InChI=1S/C18H29F3O2Si/c1-3-13-22-24(23-14-4-2)15-7-5-6-8-16-9-11-17(12-10-16)18(19,20)21/h9-12,24H,3-8,13-15H2,1-2H3. The molecule has 0 heterocycles. The Hall–Kier alpha value is -0.853. The lowest BCUT2D eigenvalue weighted by Crippen LogP contribution is -2.23. The summed E-state index contributed by atoms with van der Waals surface area (Å²) in [5.74, 6) is 0. The van der Waals surface area contributed by atoms with Crippen LogP contribution in [0, 0.1) is 0 Å². The van der Waals surface area contributed by atoms with Crippen LogP contribution in [0.4, 0.5) is 13.2 Å². The fourth-order valence-corrected chi connectivity index (χ4v) is 4.44. The maximum atomic E-state index is 12.5. The molecule has 0 spiro atoms. The molecule has 0 bridgehead atoms. The van der Waals surface area contributed by atoms with E-state index in [0.717, 1.165) is 75.5 Å². The van der Waals surface area contributed by atoms with Crippen LogP contribution in [0.5, 0.6) is 0 Å². The monoisotopic (exact) mass is 362 g/mol. The van der Waals surface area contributed by atoms with Gasteiger partial charge in [0.25, 0.3) is 0 Å². The first-order valence-corrected chi connectivity index (χ1v) is 10.6. The zero-order valence-electron chi connectivity index (χ0n) is 14.7. The number of rotatable bonds is 12. The summed E-state index contributed by atoms with van der Waals surface area (Å²) in [6, 6.07) is 6.49. The van der Waals surface area contributed by atoms with Gasteiger partial charge in [-0.05, 0) is 49.4 Å². The van der Waals surface area contributed by atoms with Gasteiger partial charge in [0, 0.05) is 13.2 Å². The van der Waals surface area contributed by atoms with E-state index in [1.54, 1.807) is 12.1 Å². The van der Waals surface area contributed by atoms with Crippen LogP contribution >= 0.6 is 0 Å². The minimum atomic E-state index is -4.25. The minimum Gasteiger partial charge on any atom is -0.397 e. The van der Waals surface area contributed by atoms with Gasteiger partial charge < -0.3 is 8.85 Å². The molecule has 0 aliphatic rings. The Morgan fingerprint density at radius 3 is 1.96 bits per heavy atom. The Kier molecular flexibility index (Phi) is 10.3. The average Bonchev–Trinajstić information content (AvgIpc) is 2.56. The number of halogens is 3. The van der Waals surface area contributed by atoms with E-state index in [0.29, 0.717) is 0 Å². The molecule has 0 aliphatic heterocycles. The van der Waals surface area contributed by atoms with Crippen LogP contribution in [-0.2, 0) is 21.4 Å². The average molecular weight is 363 g/mol. The number of hydrogen-bond donors (Lipinski definition) is 0. The first-order chi connectivity index (χ1) is 11.5. The van der Waals surface area contributed by atoms with Crippen molar-refractivity contribution in [3.8, 4) is 0 Å². The molecule has 1 aromatic rings. The highest BCUT2D eigenvalue weighted by molar-refractivity contribution is 6.44. The number of aryl methyl sites for hydroxylation is 1. The molecule has 1 rings (SSSR count). The summed E-state index contributed by atoms with van der Waals surface area (Å²) in [5, 5.41) is 0. The van der Waals surface area contributed by atoms with Crippen LogP contribution in [0.15, 0.2) is 24.3 Å². The number of unbranched alkanes of at least 4 members (excludes halogenated alkanes) is 2. The second-order valence-corrected chi connectivity index (χ2v) is 8.07. The molecule has 0 fully saturated rings. The van der Waals surface area contributed by atoms with Gasteiger partial charge in [-0.3, -0.25) is 0 Å². The molecular weight excluding hydrogens is 333 g/mol. The van der Waals surface area contributed by atoms with Gasteiger partial charge in [-0.25, -0.2) is 0 Å². The molecule has 24 heavy (non-hydrogen) atoms. The number of alkyl halides is 3. The summed E-state index contributed by atoms with van der Waals surface area (Å²) in [5.41, 5.74) is 0.377. The van der Waals surface area contributed by atoms with E-state index in [4.69, 9.17) is 8.85 Å². The maximum absolute atomic E-state index is 12.5. The lowest BCUT2D eigenvalue weighted by molar-refractivity contribution is -0.137. The summed E-state index contributed by atoms with van der Waals surface area (Å²) in [4.78, 5) is 0. The summed E-state index contributed by atoms with van der Waals surface area (Å²) >= 11 is 0. The Balaban J connectivity index is 2.24. The predicted molar refractivity (Wildman–Crippen MR) is 93.4 cm³/mol. The molecule has 0 atom stereocenters. The first-order valence-electron chi connectivity index (χ1n) is 8.86. The third kappa shape index (κ3) is 8.85. The molecule has 0 aromatic heterocycles. The van der Waals surface area contributed by atoms with E-state index in [-0.39, 0.29) is 0 Å². The lowest BCUT2D eigenvalue weighted by Gasteiger charge is -2.16. The van der Waals surface area contributed by atoms with Crippen molar-refractivity contribution in [3.05, 3.63) is 35.4 Å². The fourth-order valence-electron chi connectivity index (χ4n) is 2.39. The molecule has 0 aliphatic carbocycles. The normalized spacial score (nSPS) is 12.1. The van der Waals surface area contributed by atoms with Crippen LogP contribution in [0.1, 0.15) is 57.1 Å². The number of hydrogen-bond acceptors (Lipinski definition) is 2. The molecule has 138 valence electrons. The summed E-state index contributed by atoms with van der Waals surface area (Å²) in [6.07, 6.45) is 1.67. The second kappa shape index (κ2) is 11.7. The van der Waals surface area contributed by atoms with Gasteiger partial charge >= 0.3 is 15.5 Å². The maximum Gasteiger partial charge on any atom is 0.416 e. The van der Waals surface area contributed by atoms with E-state index in [9.17, 15) is 13.2 Å². The third-order valence-electron chi connectivity index (χ3n) is 3.70. The van der Waals surface area contributed by atoms with Crippen LogP contribution in [0.25, 0.3) is 0 Å². The second-order valence-electron chi connectivity index (χ2n) is 5.97. The van der Waals surface area contributed by atoms with E-state index < -0.39 is 21.0 Å². The highest BCUT2D eigenvalue weighted by Gasteiger charge is 2.29. The highest BCUT2D eigenvalue weighted by Crippen LogP contribution is 2.29. The fraction of sp³-hybridized carbons (Fsp3) is 0.667. The van der Waals surface area contributed by atoms with E-state index in [1.165, 1.54) is 0 Å². The van der Waals surface area contributed by atoms with Gasteiger partial charge in [0.1, 0.15) is 0 Å². The van der Waals surface area contributed by atoms with Crippen molar-refractivity contribution in [2.75, 3.05) is 13.2 Å². The zero-order valence-corrected chi connectivity index (χ0v) is 15.9.